The van der Waals surface area contributed by atoms with Gasteiger partial charge in [-0.15, -0.1) is 0 Å². The molecule has 0 bridgehead atoms. The first kappa shape index (κ1) is 12.2. The fraction of sp³-hybridized carbons (Fsp3) is 0.615. The van der Waals surface area contributed by atoms with E-state index in [4.69, 9.17) is 0 Å². The molecular formula is C13H19NO3. The van der Waals surface area contributed by atoms with Gasteiger partial charge < -0.3 is 14.4 Å². The molecule has 1 heterocycles. The molecule has 2 rings (SSSR count). The molecule has 0 aliphatic heterocycles. The van der Waals surface area contributed by atoms with E-state index in [0.29, 0.717) is 6.42 Å². The maximum Gasteiger partial charge on any atom is 0.305 e. The van der Waals surface area contributed by atoms with E-state index in [0.717, 1.165) is 37.8 Å². The van der Waals surface area contributed by atoms with Crippen LogP contribution in [0.15, 0.2) is 12.4 Å². The molecule has 0 fully saturated rings. The number of esters is 1. The molecular weight excluding hydrogens is 218 g/mol. The Balaban J connectivity index is 1.92. The third kappa shape index (κ3) is 2.88. The number of nitrogens with zero attached hydrogens (tertiary/aromatic N) is 1. The maximum absolute atomic E-state index is 11.0. The number of hydrogen-bond donors (Lipinski definition) is 1. The average Bonchev–Trinajstić information content (AvgIpc) is 2.73. The lowest BCUT2D eigenvalue weighted by molar-refractivity contribution is -0.140. The summed E-state index contributed by atoms with van der Waals surface area (Å²) < 4.78 is 6.67. The van der Waals surface area contributed by atoms with E-state index in [1.54, 1.807) is 0 Å². The van der Waals surface area contributed by atoms with Crippen molar-refractivity contribution in [3.63, 3.8) is 0 Å². The molecule has 1 aliphatic carbocycles. The zero-order chi connectivity index (χ0) is 12.3. The predicted octanol–water partition coefficient (Wildman–Crippen LogP) is 1.81. The Labute approximate surface area is 101 Å². The van der Waals surface area contributed by atoms with Gasteiger partial charge >= 0.3 is 5.97 Å². The van der Waals surface area contributed by atoms with E-state index < -0.39 is 0 Å². The minimum Gasteiger partial charge on any atom is -0.469 e. The number of aryl methyl sites for hydroxylation is 2. The van der Waals surface area contributed by atoms with Crippen molar-refractivity contribution in [1.82, 2.24) is 4.57 Å². The van der Waals surface area contributed by atoms with Gasteiger partial charge in [0.25, 0.3) is 0 Å². The van der Waals surface area contributed by atoms with Crippen LogP contribution in [-0.2, 0) is 22.5 Å². The molecule has 1 aromatic rings. The van der Waals surface area contributed by atoms with Crippen LogP contribution in [-0.4, -0.2) is 22.8 Å². The molecule has 0 saturated heterocycles. The van der Waals surface area contributed by atoms with Crippen LogP contribution in [0.5, 0.6) is 0 Å². The Hall–Kier alpha value is -1.29. The van der Waals surface area contributed by atoms with E-state index in [-0.39, 0.29) is 12.1 Å². The number of ether oxygens (including phenoxy) is 1. The van der Waals surface area contributed by atoms with Gasteiger partial charge in [-0.25, -0.2) is 0 Å². The largest absolute Gasteiger partial charge is 0.469 e. The molecule has 0 aromatic carbocycles. The summed E-state index contributed by atoms with van der Waals surface area (Å²) >= 11 is 0. The van der Waals surface area contributed by atoms with Gasteiger partial charge in [-0.3, -0.25) is 4.79 Å². The molecule has 0 saturated carbocycles. The van der Waals surface area contributed by atoms with Crippen LogP contribution in [0.25, 0.3) is 0 Å². The van der Waals surface area contributed by atoms with Crippen molar-refractivity contribution < 1.29 is 14.6 Å². The Morgan fingerprint density at radius 2 is 2.41 bits per heavy atom. The first-order valence-electron chi connectivity index (χ1n) is 6.14. The monoisotopic (exact) mass is 237 g/mol. The third-order valence-corrected chi connectivity index (χ3v) is 3.30. The topological polar surface area (TPSA) is 51.5 Å². The first-order chi connectivity index (χ1) is 8.20. The van der Waals surface area contributed by atoms with Gasteiger partial charge in [-0.2, -0.15) is 0 Å². The van der Waals surface area contributed by atoms with Gasteiger partial charge in [-0.05, 0) is 31.2 Å². The molecule has 4 nitrogen and oxygen atoms in total. The summed E-state index contributed by atoms with van der Waals surface area (Å²) in [5, 5.41) is 9.84. The van der Waals surface area contributed by atoms with Crippen LogP contribution >= 0.6 is 0 Å². The quantitative estimate of drug-likeness (QED) is 0.812. The molecule has 4 heteroatoms. The van der Waals surface area contributed by atoms with Crippen LogP contribution in [0.1, 0.15) is 42.9 Å². The molecule has 0 spiro atoms. The van der Waals surface area contributed by atoms with Crippen molar-refractivity contribution in [1.29, 1.82) is 0 Å². The zero-order valence-electron chi connectivity index (χ0n) is 10.2. The van der Waals surface area contributed by atoms with E-state index in [2.05, 4.69) is 15.5 Å². The predicted molar refractivity (Wildman–Crippen MR) is 63.6 cm³/mol. The second-order valence-electron chi connectivity index (χ2n) is 4.56. The average molecular weight is 237 g/mol. The summed E-state index contributed by atoms with van der Waals surface area (Å²) in [6.45, 7) is 0.800. The fourth-order valence-electron chi connectivity index (χ4n) is 2.36. The van der Waals surface area contributed by atoms with E-state index in [1.807, 2.05) is 6.20 Å². The summed E-state index contributed by atoms with van der Waals surface area (Å²) in [5.41, 5.74) is 2.32. The van der Waals surface area contributed by atoms with E-state index >= 15 is 0 Å². The Kier molecular flexibility index (Phi) is 3.84. The number of aromatic nitrogens is 1. The Bertz CT molecular complexity index is 397. The molecule has 1 aliphatic rings. The van der Waals surface area contributed by atoms with Gasteiger partial charge in [0.15, 0.2) is 0 Å². The molecule has 1 aromatic heterocycles. The summed E-state index contributed by atoms with van der Waals surface area (Å²) in [6, 6.07) is 0. The van der Waals surface area contributed by atoms with Crippen LogP contribution in [0, 0.1) is 0 Å². The smallest absolute Gasteiger partial charge is 0.305 e. The van der Waals surface area contributed by atoms with Gasteiger partial charge in [0.1, 0.15) is 0 Å². The van der Waals surface area contributed by atoms with Crippen molar-refractivity contribution in [2.45, 2.75) is 44.8 Å². The lowest BCUT2D eigenvalue weighted by Crippen LogP contribution is -2.05. The molecule has 1 unspecified atom stereocenters. The van der Waals surface area contributed by atoms with Crippen LogP contribution < -0.4 is 0 Å². The summed E-state index contributed by atoms with van der Waals surface area (Å²) in [5.74, 6) is -0.165. The molecule has 1 atom stereocenters. The number of hydrogen-bond acceptors (Lipinski definition) is 3. The van der Waals surface area contributed by atoms with Crippen LogP contribution in [0.2, 0.25) is 0 Å². The van der Waals surface area contributed by atoms with Crippen molar-refractivity contribution in [3.05, 3.63) is 23.5 Å². The van der Waals surface area contributed by atoms with Crippen LogP contribution in [0.3, 0.4) is 0 Å². The zero-order valence-corrected chi connectivity index (χ0v) is 10.2. The van der Waals surface area contributed by atoms with Gasteiger partial charge in [0.2, 0.25) is 0 Å². The normalized spacial score (nSPS) is 18.8. The number of carbonyl (C=O) groups is 1. The number of carbonyl (C=O) groups excluding carboxylic acids is 1. The summed E-state index contributed by atoms with van der Waals surface area (Å²) in [6.07, 6.45) is 7.99. The first-order valence-corrected chi connectivity index (χ1v) is 6.14. The highest BCUT2D eigenvalue weighted by Gasteiger charge is 2.19. The Morgan fingerprint density at radius 1 is 1.59 bits per heavy atom. The Morgan fingerprint density at radius 3 is 3.12 bits per heavy atom. The highest BCUT2D eigenvalue weighted by atomic mass is 16.5. The molecule has 0 radical (unpaired) electrons. The van der Waals surface area contributed by atoms with Crippen molar-refractivity contribution in [2.24, 2.45) is 0 Å². The van der Waals surface area contributed by atoms with E-state index in [9.17, 15) is 9.90 Å². The van der Waals surface area contributed by atoms with Gasteiger partial charge in [-0.1, -0.05) is 0 Å². The fourth-order valence-corrected chi connectivity index (χ4v) is 2.36. The van der Waals surface area contributed by atoms with Gasteiger partial charge in [0.05, 0.1) is 13.2 Å². The molecule has 0 amide bonds. The number of rotatable bonds is 4. The number of aliphatic hydroxyl groups is 1. The van der Waals surface area contributed by atoms with Crippen molar-refractivity contribution in [2.75, 3.05) is 7.11 Å². The number of methoxy groups -OCH3 is 1. The van der Waals surface area contributed by atoms with Gasteiger partial charge in [0, 0.05) is 30.9 Å². The maximum atomic E-state index is 11.0. The SMILES string of the molecule is COC(=O)CCCn1cc2c(c1)C(O)CCC2. The minimum absolute atomic E-state index is 0.165. The number of aliphatic hydroxyl groups excluding tert-OH is 1. The van der Waals surface area contributed by atoms with Crippen molar-refractivity contribution in [3.8, 4) is 0 Å². The van der Waals surface area contributed by atoms with Crippen LogP contribution in [0.4, 0.5) is 0 Å². The lowest BCUT2D eigenvalue weighted by Gasteiger charge is -2.16. The van der Waals surface area contributed by atoms with Crippen molar-refractivity contribution >= 4 is 5.97 Å². The molecule has 1 N–H and O–H groups in total. The second kappa shape index (κ2) is 5.36. The minimum atomic E-state index is -0.305. The number of fused-ring (bicyclic) bond motifs is 1. The second-order valence-corrected chi connectivity index (χ2v) is 4.56. The summed E-state index contributed by atoms with van der Waals surface area (Å²) in [4.78, 5) is 11.0. The highest BCUT2D eigenvalue weighted by Crippen LogP contribution is 2.30. The lowest BCUT2D eigenvalue weighted by atomic mass is 9.93. The highest BCUT2D eigenvalue weighted by molar-refractivity contribution is 5.68. The third-order valence-electron chi connectivity index (χ3n) is 3.30. The molecule has 94 valence electrons. The molecule has 17 heavy (non-hydrogen) atoms. The standard InChI is InChI=1S/C13H19NO3/c1-17-13(16)6-3-7-14-8-10-4-2-5-12(15)11(10)9-14/h8-9,12,15H,2-7H2,1H3. The van der Waals surface area contributed by atoms with E-state index in [1.165, 1.54) is 12.7 Å². The summed E-state index contributed by atoms with van der Waals surface area (Å²) in [7, 11) is 1.41.